The number of hydrogen-bond donors (Lipinski definition) is 0. The Labute approximate surface area is 162 Å². The molecule has 0 unspecified atom stereocenters. The Kier molecular flexibility index (Phi) is 5.59. The van der Waals surface area contributed by atoms with Gasteiger partial charge in [0, 0.05) is 6.04 Å². The molecule has 0 aromatic heterocycles. The minimum Gasteiger partial charge on any atom is -0.542 e. The molecule has 0 N–H and O–H groups in total. The zero-order valence-corrected chi connectivity index (χ0v) is 15.9. The predicted molar refractivity (Wildman–Crippen MR) is 114 cm³/mol. The molecular formula is C24H26BNO. The van der Waals surface area contributed by atoms with E-state index in [1.807, 2.05) is 30.3 Å². The van der Waals surface area contributed by atoms with Crippen molar-refractivity contribution in [2.45, 2.75) is 32.2 Å². The zero-order valence-electron chi connectivity index (χ0n) is 15.9. The molecule has 2 nitrogen and oxygen atoms in total. The molecule has 0 bridgehead atoms. The Morgan fingerprint density at radius 2 is 1.56 bits per heavy atom. The van der Waals surface area contributed by atoms with Crippen LogP contribution in [0.1, 0.15) is 24.0 Å². The first-order chi connectivity index (χ1) is 13.3. The lowest BCUT2D eigenvalue weighted by molar-refractivity contribution is 0.353. The SMILES string of the molecule is Cc1ccccc1B(Oc1ccccc1)N1CCC[C@@H]1Cc1ccccc1. The molecule has 136 valence electrons. The summed E-state index contributed by atoms with van der Waals surface area (Å²) in [5, 5.41) is 0. The highest BCUT2D eigenvalue weighted by Gasteiger charge is 2.38. The van der Waals surface area contributed by atoms with Crippen LogP contribution in [0.15, 0.2) is 84.9 Å². The average molecular weight is 355 g/mol. The molecule has 3 aromatic rings. The molecule has 0 spiro atoms. The molecule has 1 heterocycles. The molecule has 1 fully saturated rings. The maximum Gasteiger partial charge on any atom is 0.486 e. The van der Waals surface area contributed by atoms with Gasteiger partial charge in [0.25, 0.3) is 0 Å². The van der Waals surface area contributed by atoms with E-state index in [1.165, 1.54) is 29.4 Å². The van der Waals surface area contributed by atoms with Gasteiger partial charge in [-0.3, -0.25) is 4.81 Å². The van der Waals surface area contributed by atoms with Crippen LogP contribution in [0.2, 0.25) is 0 Å². The first-order valence-corrected chi connectivity index (χ1v) is 9.88. The second-order valence-corrected chi connectivity index (χ2v) is 7.36. The molecule has 4 rings (SSSR count). The lowest BCUT2D eigenvalue weighted by Crippen LogP contribution is -2.55. The maximum absolute atomic E-state index is 6.56. The van der Waals surface area contributed by atoms with Crippen LogP contribution < -0.4 is 10.1 Å². The molecule has 1 aliphatic rings. The smallest absolute Gasteiger partial charge is 0.486 e. The van der Waals surface area contributed by atoms with E-state index in [0.29, 0.717) is 6.04 Å². The summed E-state index contributed by atoms with van der Waals surface area (Å²) < 4.78 is 6.56. The van der Waals surface area contributed by atoms with E-state index in [9.17, 15) is 0 Å². The predicted octanol–water partition coefficient (Wildman–Crippen LogP) is 4.48. The van der Waals surface area contributed by atoms with Gasteiger partial charge in [-0.15, -0.1) is 0 Å². The summed E-state index contributed by atoms with van der Waals surface area (Å²) in [5.74, 6) is 0.927. The summed E-state index contributed by atoms with van der Waals surface area (Å²) in [5.41, 5.74) is 3.95. The number of rotatable bonds is 6. The Balaban J connectivity index is 1.63. The van der Waals surface area contributed by atoms with Crippen LogP contribution in [0.5, 0.6) is 5.75 Å². The van der Waals surface area contributed by atoms with Gasteiger partial charge in [0.1, 0.15) is 0 Å². The third kappa shape index (κ3) is 4.25. The lowest BCUT2D eigenvalue weighted by atomic mass is 9.68. The normalized spacial score (nSPS) is 17.0. The van der Waals surface area contributed by atoms with Crippen molar-refractivity contribution in [3.63, 3.8) is 0 Å². The number of nitrogens with zero attached hydrogens (tertiary/aromatic N) is 1. The van der Waals surface area contributed by atoms with E-state index in [-0.39, 0.29) is 7.05 Å². The summed E-state index contributed by atoms with van der Waals surface area (Å²) in [6.45, 7) is 3.25. The van der Waals surface area contributed by atoms with Crippen molar-refractivity contribution in [1.82, 2.24) is 4.81 Å². The molecule has 0 aliphatic carbocycles. The molecule has 0 amide bonds. The largest absolute Gasteiger partial charge is 0.542 e. The Bertz CT molecular complexity index is 853. The van der Waals surface area contributed by atoms with Gasteiger partial charge in [-0.1, -0.05) is 78.4 Å². The molecule has 0 radical (unpaired) electrons. The molecule has 3 aromatic carbocycles. The molecule has 1 aliphatic heterocycles. The van der Waals surface area contributed by atoms with Crippen molar-refractivity contribution < 1.29 is 4.65 Å². The van der Waals surface area contributed by atoms with Gasteiger partial charge in [0.15, 0.2) is 0 Å². The summed E-state index contributed by atoms with van der Waals surface area (Å²) in [4.78, 5) is 2.56. The monoisotopic (exact) mass is 355 g/mol. The number of aryl methyl sites for hydroxylation is 1. The van der Waals surface area contributed by atoms with Crippen molar-refractivity contribution in [3.8, 4) is 5.75 Å². The van der Waals surface area contributed by atoms with E-state index < -0.39 is 0 Å². The fraction of sp³-hybridized carbons (Fsp3) is 0.250. The van der Waals surface area contributed by atoms with Crippen molar-refractivity contribution in [2.24, 2.45) is 0 Å². The van der Waals surface area contributed by atoms with Gasteiger partial charge in [0.2, 0.25) is 0 Å². The summed E-state index contributed by atoms with van der Waals surface area (Å²) in [6, 6.07) is 30.1. The van der Waals surface area contributed by atoms with Gasteiger partial charge in [-0.25, -0.2) is 0 Å². The van der Waals surface area contributed by atoms with E-state index in [4.69, 9.17) is 4.65 Å². The molecule has 1 atom stereocenters. The third-order valence-corrected chi connectivity index (χ3v) is 5.48. The van der Waals surface area contributed by atoms with Crippen molar-refractivity contribution in [3.05, 3.63) is 96.1 Å². The van der Waals surface area contributed by atoms with Gasteiger partial charge < -0.3 is 4.65 Å². The fourth-order valence-corrected chi connectivity index (χ4v) is 4.07. The van der Waals surface area contributed by atoms with Crippen LogP contribution in [0.4, 0.5) is 0 Å². The van der Waals surface area contributed by atoms with Crippen LogP contribution in [0.3, 0.4) is 0 Å². The second kappa shape index (κ2) is 8.45. The minimum atomic E-state index is -0.0511. The average Bonchev–Trinajstić information content (AvgIpc) is 3.16. The minimum absolute atomic E-state index is 0.0511. The Morgan fingerprint density at radius 1 is 0.889 bits per heavy atom. The number of hydrogen-bond acceptors (Lipinski definition) is 2. The maximum atomic E-state index is 6.56. The summed E-state index contributed by atoms with van der Waals surface area (Å²) >= 11 is 0. The number of benzene rings is 3. The Hall–Kier alpha value is -2.52. The van der Waals surface area contributed by atoms with Crippen molar-refractivity contribution in [1.29, 1.82) is 0 Å². The molecule has 3 heteroatoms. The standard InChI is InChI=1S/C24H26BNO/c1-20-11-8-9-17-24(20)25(27-23-15-6-3-7-16-23)26-18-10-14-22(26)19-21-12-4-2-5-13-21/h2-9,11-13,15-17,22H,10,14,18-19H2,1H3/t22-/m1/s1. The summed E-state index contributed by atoms with van der Waals surface area (Å²) in [6.07, 6.45) is 3.51. The number of para-hydroxylation sites is 1. The lowest BCUT2D eigenvalue weighted by Gasteiger charge is -2.31. The van der Waals surface area contributed by atoms with Gasteiger partial charge in [-0.05, 0) is 55.9 Å². The summed E-state index contributed by atoms with van der Waals surface area (Å²) in [7, 11) is -0.0511. The zero-order chi connectivity index (χ0) is 18.5. The Morgan fingerprint density at radius 3 is 2.30 bits per heavy atom. The highest BCUT2D eigenvalue weighted by molar-refractivity contribution is 6.66. The molecular weight excluding hydrogens is 329 g/mol. The van der Waals surface area contributed by atoms with Crippen molar-refractivity contribution in [2.75, 3.05) is 6.54 Å². The third-order valence-electron chi connectivity index (χ3n) is 5.48. The fourth-order valence-electron chi connectivity index (χ4n) is 4.07. The van der Waals surface area contributed by atoms with E-state index in [0.717, 1.165) is 18.7 Å². The highest BCUT2D eigenvalue weighted by atomic mass is 16.4. The van der Waals surface area contributed by atoms with E-state index in [1.54, 1.807) is 0 Å². The van der Waals surface area contributed by atoms with E-state index in [2.05, 4.69) is 66.3 Å². The van der Waals surface area contributed by atoms with Crippen LogP contribution in [-0.2, 0) is 6.42 Å². The second-order valence-electron chi connectivity index (χ2n) is 7.36. The van der Waals surface area contributed by atoms with Crippen molar-refractivity contribution >= 4 is 12.5 Å². The van der Waals surface area contributed by atoms with Crippen LogP contribution in [0, 0.1) is 6.92 Å². The van der Waals surface area contributed by atoms with Gasteiger partial charge in [0.05, 0.1) is 5.75 Å². The quantitative estimate of drug-likeness (QED) is 0.605. The highest BCUT2D eigenvalue weighted by Crippen LogP contribution is 2.24. The first-order valence-electron chi connectivity index (χ1n) is 9.88. The van der Waals surface area contributed by atoms with Crippen LogP contribution >= 0.6 is 0 Å². The molecule has 1 saturated heterocycles. The molecule has 0 saturated carbocycles. The van der Waals surface area contributed by atoms with Crippen LogP contribution in [0.25, 0.3) is 0 Å². The van der Waals surface area contributed by atoms with Gasteiger partial charge >= 0.3 is 7.05 Å². The first kappa shape index (κ1) is 17.9. The molecule has 27 heavy (non-hydrogen) atoms. The van der Waals surface area contributed by atoms with Crippen LogP contribution in [-0.4, -0.2) is 24.4 Å². The topological polar surface area (TPSA) is 12.5 Å². The van der Waals surface area contributed by atoms with E-state index >= 15 is 0 Å². The van der Waals surface area contributed by atoms with Gasteiger partial charge in [-0.2, -0.15) is 0 Å².